The largest absolute Gasteiger partial charge is 0.321 e. The van der Waals surface area contributed by atoms with E-state index in [0.717, 1.165) is 16.1 Å². The first-order valence-electron chi connectivity index (χ1n) is 8.39. The van der Waals surface area contributed by atoms with Gasteiger partial charge in [-0.05, 0) is 36.6 Å². The van der Waals surface area contributed by atoms with Crippen molar-refractivity contribution in [3.8, 4) is 16.1 Å². The number of thiophene rings is 1. The van der Waals surface area contributed by atoms with Crippen molar-refractivity contribution < 1.29 is 9.18 Å². The monoisotopic (exact) mass is 377 g/mol. The Labute approximate surface area is 159 Å². The number of hydrogen-bond acceptors (Lipinski definition) is 3. The predicted octanol–water partition coefficient (Wildman–Crippen LogP) is 5.30. The smallest absolute Gasteiger partial charge is 0.259 e. The topological polar surface area (TPSA) is 46.9 Å². The van der Waals surface area contributed by atoms with E-state index in [2.05, 4.69) is 10.4 Å². The van der Waals surface area contributed by atoms with Gasteiger partial charge in [0.2, 0.25) is 0 Å². The fourth-order valence-corrected chi connectivity index (χ4v) is 3.69. The highest BCUT2D eigenvalue weighted by molar-refractivity contribution is 7.13. The average Bonchev–Trinajstić information content (AvgIpc) is 3.33. The van der Waals surface area contributed by atoms with Crippen molar-refractivity contribution in [1.82, 2.24) is 9.78 Å². The molecule has 0 aliphatic carbocycles. The van der Waals surface area contributed by atoms with Gasteiger partial charge >= 0.3 is 0 Å². The number of hydrogen-bond donors (Lipinski definition) is 1. The number of aromatic nitrogens is 2. The van der Waals surface area contributed by atoms with Crippen LogP contribution in [0.4, 0.5) is 10.1 Å². The summed E-state index contributed by atoms with van der Waals surface area (Å²) in [5.74, 6) is -0.669. The van der Waals surface area contributed by atoms with Crippen LogP contribution in [0.1, 0.15) is 16.1 Å². The maximum absolute atomic E-state index is 14.1. The van der Waals surface area contributed by atoms with Gasteiger partial charge < -0.3 is 5.32 Å². The number of carbonyl (C=O) groups is 1. The molecule has 4 rings (SSSR count). The molecule has 0 atom stereocenters. The second-order valence-electron chi connectivity index (χ2n) is 5.98. The fourth-order valence-electron chi connectivity index (χ4n) is 2.93. The van der Waals surface area contributed by atoms with Crippen molar-refractivity contribution in [2.75, 3.05) is 5.32 Å². The van der Waals surface area contributed by atoms with Gasteiger partial charge in [-0.15, -0.1) is 11.3 Å². The van der Waals surface area contributed by atoms with Crippen LogP contribution in [-0.2, 0) is 0 Å². The number of carbonyl (C=O) groups excluding carboxylic acids is 1. The lowest BCUT2D eigenvalue weighted by Gasteiger charge is -2.10. The minimum absolute atomic E-state index is 0.279. The zero-order valence-electron chi connectivity index (χ0n) is 14.5. The first-order chi connectivity index (χ1) is 13.1. The van der Waals surface area contributed by atoms with Crippen LogP contribution >= 0.6 is 11.3 Å². The molecule has 4 nitrogen and oxygen atoms in total. The zero-order chi connectivity index (χ0) is 18.8. The maximum atomic E-state index is 14.1. The summed E-state index contributed by atoms with van der Waals surface area (Å²) in [4.78, 5) is 13.9. The summed E-state index contributed by atoms with van der Waals surface area (Å²) in [6.07, 6.45) is 1.46. The van der Waals surface area contributed by atoms with Crippen molar-refractivity contribution in [2.45, 2.75) is 6.92 Å². The number of benzene rings is 2. The van der Waals surface area contributed by atoms with E-state index in [0.29, 0.717) is 16.9 Å². The minimum Gasteiger partial charge on any atom is -0.321 e. The van der Waals surface area contributed by atoms with Crippen molar-refractivity contribution >= 4 is 22.9 Å². The van der Waals surface area contributed by atoms with Gasteiger partial charge in [-0.25, -0.2) is 9.07 Å². The van der Waals surface area contributed by atoms with Crippen LogP contribution in [0, 0.1) is 12.7 Å². The molecule has 0 aliphatic rings. The van der Waals surface area contributed by atoms with Crippen LogP contribution in [0.5, 0.6) is 0 Å². The van der Waals surface area contributed by atoms with E-state index < -0.39 is 5.82 Å². The van der Waals surface area contributed by atoms with Gasteiger partial charge in [0.15, 0.2) is 0 Å². The second-order valence-corrected chi connectivity index (χ2v) is 6.93. The number of anilines is 1. The van der Waals surface area contributed by atoms with Gasteiger partial charge in [0.25, 0.3) is 5.91 Å². The lowest BCUT2D eigenvalue weighted by atomic mass is 10.1. The number of halogens is 1. The Morgan fingerprint density at radius 2 is 1.85 bits per heavy atom. The van der Waals surface area contributed by atoms with Gasteiger partial charge in [0.05, 0.1) is 17.5 Å². The minimum atomic E-state index is -0.390. The van der Waals surface area contributed by atoms with Crippen molar-refractivity contribution in [3.63, 3.8) is 0 Å². The standard InChI is InChI=1S/C21H16FN3OS/c1-14-16(13-23-25(14)19-10-5-3-8-17(19)22)21(26)24-18-9-4-2-7-15(18)20-11-6-12-27-20/h2-13H,1H3,(H,24,26). The lowest BCUT2D eigenvalue weighted by Crippen LogP contribution is -2.14. The molecule has 0 unspecified atom stereocenters. The molecule has 1 N–H and O–H groups in total. The van der Waals surface area contributed by atoms with E-state index in [-0.39, 0.29) is 5.91 Å². The molecule has 0 saturated heterocycles. The molecule has 0 bridgehead atoms. The maximum Gasteiger partial charge on any atom is 0.259 e. The first kappa shape index (κ1) is 17.2. The quantitative estimate of drug-likeness (QED) is 0.524. The van der Waals surface area contributed by atoms with E-state index in [9.17, 15) is 9.18 Å². The summed E-state index contributed by atoms with van der Waals surface area (Å²) >= 11 is 1.61. The van der Waals surface area contributed by atoms with E-state index in [1.165, 1.54) is 16.9 Å². The summed E-state index contributed by atoms with van der Waals surface area (Å²) in [6.45, 7) is 1.75. The molecule has 2 aromatic heterocycles. The Hall–Kier alpha value is -3.25. The Bertz CT molecular complexity index is 1100. The molecule has 6 heteroatoms. The summed E-state index contributed by atoms with van der Waals surface area (Å²) in [5, 5.41) is 9.15. The number of para-hydroxylation sites is 2. The Balaban J connectivity index is 1.65. The van der Waals surface area contributed by atoms with Crippen LogP contribution in [0.2, 0.25) is 0 Å². The molecule has 0 saturated carbocycles. The van der Waals surface area contributed by atoms with Gasteiger partial charge in [0, 0.05) is 16.1 Å². The predicted molar refractivity (Wildman–Crippen MR) is 106 cm³/mol. The molecule has 0 radical (unpaired) electrons. The van der Waals surface area contributed by atoms with Crippen LogP contribution < -0.4 is 5.32 Å². The van der Waals surface area contributed by atoms with Gasteiger partial charge in [-0.1, -0.05) is 36.4 Å². The first-order valence-corrected chi connectivity index (χ1v) is 9.27. The fraction of sp³-hybridized carbons (Fsp3) is 0.0476. The third-order valence-electron chi connectivity index (χ3n) is 4.30. The Morgan fingerprint density at radius 1 is 1.07 bits per heavy atom. The lowest BCUT2D eigenvalue weighted by molar-refractivity contribution is 0.102. The van der Waals surface area contributed by atoms with Crippen LogP contribution in [-0.4, -0.2) is 15.7 Å². The molecule has 0 fully saturated rings. The van der Waals surface area contributed by atoms with Gasteiger partial charge in [-0.3, -0.25) is 4.79 Å². The number of amides is 1. The van der Waals surface area contributed by atoms with Crippen molar-refractivity contribution in [1.29, 1.82) is 0 Å². The number of nitrogens with one attached hydrogen (secondary N) is 1. The zero-order valence-corrected chi connectivity index (χ0v) is 15.3. The molecule has 0 aliphatic heterocycles. The van der Waals surface area contributed by atoms with Crippen molar-refractivity contribution in [3.05, 3.63) is 89.3 Å². The summed E-state index contributed by atoms with van der Waals surface area (Å²) < 4.78 is 15.5. The summed E-state index contributed by atoms with van der Waals surface area (Å²) in [6, 6.07) is 18.0. The normalized spacial score (nSPS) is 10.7. The number of rotatable bonds is 4. The van der Waals surface area contributed by atoms with Gasteiger partial charge in [-0.2, -0.15) is 5.10 Å². The summed E-state index contributed by atoms with van der Waals surface area (Å²) in [7, 11) is 0. The molecular weight excluding hydrogens is 361 g/mol. The highest BCUT2D eigenvalue weighted by atomic mass is 32.1. The highest BCUT2D eigenvalue weighted by Gasteiger charge is 2.18. The van der Waals surface area contributed by atoms with E-state index in [1.54, 1.807) is 36.5 Å². The van der Waals surface area contributed by atoms with E-state index >= 15 is 0 Å². The third-order valence-corrected chi connectivity index (χ3v) is 5.20. The van der Waals surface area contributed by atoms with Crippen molar-refractivity contribution in [2.24, 2.45) is 0 Å². The van der Waals surface area contributed by atoms with Crippen LogP contribution in [0.15, 0.2) is 72.2 Å². The Kier molecular flexibility index (Phi) is 4.56. The van der Waals surface area contributed by atoms with E-state index in [4.69, 9.17) is 0 Å². The van der Waals surface area contributed by atoms with E-state index in [1.807, 2.05) is 41.8 Å². The molecule has 27 heavy (non-hydrogen) atoms. The van der Waals surface area contributed by atoms with Gasteiger partial charge in [0.1, 0.15) is 11.5 Å². The Morgan fingerprint density at radius 3 is 2.63 bits per heavy atom. The van der Waals surface area contributed by atoms with Crippen LogP contribution in [0.25, 0.3) is 16.1 Å². The molecule has 0 spiro atoms. The molecule has 134 valence electrons. The summed E-state index contributed by atoms with van der Waals surface area (Å²) in [5.41, 5.74) is 2.97. The average molecular weight is 377 g/mol. The number of nitrogens with zero attached hydrogens (tertiary/aromatic N) is 2. The second kappa shape index (κ2) is 7.17. The molecule has 4 aromatic rings. The molecular formula is C21H16FN3OS. The molecule has 2 heterocycles. The SMILES string of the molecule is Cc1c(C(=O)Nc2ccccc2-c2cccs2)cnn1-c1ccccc1F. The molecule has 1 amide bonds. The third kappa shape index (κ3) is 3.27. The van der Waals surface area contributed by atoms with Crippen LogP contribution in [0.3, 0.4) is 0 Å². The highest BCUT2D eigenvalue weighted by Crippen LogP contribution is 2.31. The molecule has 2 aromatic carbocycles.